The van der Waals surface area contributed by atoms with Crippen LogP contribution in [0.1, 0.15) is 22.8 Å². The Labute approximate surface area is 120 Å². The molecule has 0 spiro atoms. The molecule has 0 saturated heterocycles. The van der Waals surface area contributed by atoms with Gasteiger partial charge in [-0.2, -0.15) is 0 Å². The maximum Gasteiger partial charge on any atom is 0.104 e. The summed E-state index contributed by atoms with van der Waals surface area (Å²) in [6.07, 6.45) is -0.621. The molecule has 17 heavy (non-hydrogen) atoms. The van der Waals surface area contributed by atoms with E-state index in [1.807, 2.05) is 49.4 Å². The highest BCUT2D eigenvalue weighted by molar-refractivity contribution is 14.1. The third-order valence-corrected chi connectivity index (χ3v) is 4.19. The minimum Gasteiger partial charge on any atom is -0.384 e. The van der Waals surface area contributed by atoms with Crippen LogP contribution in [0.5, 0.6) is 0 Å². The molecule has 0 fully saturated rings. The van der Waals surface area contributed by atoms with Crippen LogP contribution in [0.3, 0.4) is 0 Å². The lowest BCUT2D eigenvalue weighted by atomic mass is 10.0. The van der Waals surface area contributed by atoms with Gasteiger partial charge >= 0.3 is 0 Å². The molecule has 2 aromatic rings. The summed E-state index contributed by atoms with van der Waals surface area (Å²) in [5.41, 5.74) is 2.85. The molecule has 1 N–H and O–H groups in total. The standard InChI is InChI=1S/C14H12ClIO/c1-9-3-2-4-10(7-9)14(17)11-5-6-13(16)12(15)8-11/h2-8,14,17H,1H3. The zero-order valence-corrected chi connectivity index (χ0v) is 12.2. The van der Waals surface area contributed by atoms with Gasteiger partial charge in [-0.25, -0.2) is 0 Å². The topological polar surface area (TPSA) is 20.2 Å². The maximum atomic E-state index is 10.3. The molecule has 0 saturated carbocycles. The van der Waals surface area contributed by atoms with E-state index in [9.17, 15) is 5.11 Å². The zero-order valence-electron chi connectivity index (χ0n) is 9.32. The minimum absolute atomic E-state index is 0.621. The molecule has 2 rings (SSSR count). The Morgan fingerprint density at radius 3 is 2.47 bits per heavy atom. The summed E-state index contributed by atoms with van der Waals surface area (Å²) in [5, 5.41) is 10.9. The highest BCUT2D eigenvalue weighted by Crippen LogP contribution is 2.27. The first kappa shape index (κ1) is 12.9. The van der Waals surface area contributed by atoms with Gasteiger partial charge in [0, 0.05) is 3.57 Å². The molecule has 0 amide bonds. The van der Waals surface area contributed by atoms with E-state index in [-0.39, 0.29) is 0 Å². The number of benzene rings is 2. The van der Waals surface area contributed by atoms with Crippen molar-refractivity contribution in [2.45, 2.75) is 13.0 Å². The average Bonchev–Trinajstić information content (AvgIpc) is 2.32. The molecule has 0 aromatic heterocycles. The minimum atomic E-state index is -0.621. The maximum absolute atomic E-state index is 10.3. The number of aliphatic hydroxyl groups excluding tert-OH is 1. The van der Waals surface area contributed by atoms with Crippen LogP contribution in [0.2, 0.25) is 5.02 Å². The zero-order chi connectivity index (χ0) is 12.4. The Balaban J connectivity index is 2.36. The molecule has 88 valence electrons. The van der Waals surface area contributed by atoms with Gasteiger partial charge in [0.2, 0.25) is 0 Å². The second-order valence-corrected chi connectivity index (χ2v) is 5.56. The Kier molecular flexibility index (Phi) is 4.07. The number of hydrogen-bond acceptors (Lipinski definition) is 1. The van der Waals surface area contributed by atoms with E-state index in [2.05, 4.69) is 22.6 Å². The lowest BCUT2D eigenvalue weighted by Gasteiger charge is -2.12. The molecule has 0 heterocycles. The average molecular weight is 359 g/mol. The second-order valence-electron chi connectivity index (χ2n) is 3.99. The van der Waals surface area contributed by atoms with Crippen molar-refractivity contribution in [1.82, 2.24) is 0 Å². The SMILES string of the molecule is Cc1cccc(C(O)c2ccc(I)c(Cl)c2)c1. The first-order valence-electron chi connectivity index (χ1n) is 5.27. The normalized spacial score (nSPS) is 12.5. The molecule has 2 aromatic carbocycles. The molecule has 0 radical (unpaired) electrons. The molecule has 1 unspecified atom stereocenters. The van der Waals surface area contributed by atoms with Crippen molar-refractivity contribution in [3.8, 4) is 0 Å². The van der Waals surface area contributed by atoms with Crippen molar-refractivity contribution < 1.29 is 5.11 Å². The monoisotopic (exact) mass is 358 g/mol. The summed E-state index contributed by atoms with van der Waals surface area (Å²) in [7, 11) is 0. The highest BCUT2D eigenvalue weighted by Gasteiger charge is 2.11. The van der Waals surface area contributed by atoms with Gasteiger partial charge in [0.1, 0.15) is 6.10 Å². The summed E-state index contributed by atoms with van der Waals surface area (Å²) in [6, 6.07) is 13.5. The van der Waals surface area contributed by atoms with E-state index < -0.39 is 6.10 Å². The van der Waals surface area contributed by atoms with Gasteiger partial charge in [0.05, 0.1) is 5.02 Å². The van der Waals surface area contributed by atoms with Crippen LogP contribution in [-0.4, -0.2) is 5.11 Å². The van der Waals surface area contributed by atoms with Crippen LogP contribution in [0.4, 0.5) is 0 Å². The van der Waals surface area contributed by atoms with E-state index in [1.165, 1.54) is 0 Å². The van der Waals surface area contributed by atoms with Gasteiger partial charge in [-0.3, -0.25) is 0 Å². The molecular formula is C14H12ClIO. The van der Waals surface area contributed by atoms with E-state index in [1.54, 1.807) is 0 Å². The third kappa shape index (κ3) is 3.00. The van der Waals surface area contributed by atoms with Crippen molar-refractivity contribution in [2.75, 3.05) is 0 Å². The summed E-state index contributed by atoms with van der Waals surface area (Å²) < 4.78 is 0.990. The summed E-state index contributed by atoms with van der Waals surface area (Å²) in [6.45, 7) is 2.01. The van der Waals surface area contributed by atoms with Crippen molar-refractivity contribution in [2.24, 2.45) is 0 Å². The number of halogens is 2. The Morgan fingerprint density at radius 1 is 1.12 bits per heavy atom. The molecule has 0 aliphatic carbocycles. The highest BCUT2D eigenvalue weighted by atomic mass is 127. The van der Waals surface area contributed by atoms with E-state index in [4.69, 9.17) is 11.6 Å². The predicted octanol–water partition coefficient (Wildman–Crippen LogP) is 4.33. The van der Waals surface area contributed by atoms with Crippen molar-refractivity contribution in [1.29, 1.82) is 0 Å². The largest absolute Gasteiger partial charge is 0.384 e. The fourth-order valence-corrected chi connectivity index (χ4v) is 2.24. The van der Waals surface area contributed by atoms with E-state index in [0.29, 0.717) is 5.02 Å². The first-order chi connectivity index (χ1) is 8.08. The number of aliphatic hydroxyl groups is 1. The van der Waals surface area contributed by atoms with Crippen LogP contribution in [0.25, 0.3) is 0 Å². The van der Waals surface area contributed by atoms with Gasteiger partial charge in [-0.15, -0.1) is 0 Å². The summed E-state index contributed by atoms with van der Waals surface area (Å²) >= 11 is 8.23. The predicted molar refractivity (Wildman–Crippen MR) is 79.4 cm³/mol. The number of aryl methyl sites for hydroxylation is 1. The number of rotatable bonds is 2. The van der Waals surface area contributed by atoms with Crippen LogP contribution in [0.15, 0.2) is 42.5 Å². The second kappa shape index (κ2) is 5.38. The van der Waals surface area contributed by atoms with Gasteiger partial charge in [-0.05, 0) is 52.8 Å². The molecule has 0 aliphatic heterocycles. The Hall–Kier alpha value is -0.580. The molecule has 1 atom stereocenters. The lowest BCUT2D eigenvalue weighted by Crippen LogP contribution is -2.00. The molecular weight excluding hydrogens is 347 g/mol. The smallest absolute Gasteiger partial charge is 0.104 e. The number of hydrogen-bond donors (Lipinski definition) is 1. The summed E-state index contributed by atoms with van der Waals surface area (Å²) in [5.74, 6) is 0. The van der Waals surface area contributed by atoms with E-state index >= 15 is 0 Å². The lowest BCUT2D eigenvalue weighted by molar-refractivity contribution is 0.220. The van der Waals surface area contributed by atoms with Crippen LogP contribution in [0, 0.1) is 10.5 Å². The van der Waals surface area contributed by atoms with Crippen molar-refractivity contribution >= 4 is 34.2 Å². The molecule has 0 bridgehead atoms. The van der Waals surface area contributed by atoms with Crippen molar-refractivity contribution in [3.05, 3.63) is 67.7 Å². The van der Waals surface area contributed by atoms with E-state index in [0.717, 1.165) is 20.3 Å². The molecule has 1 nitrogen and oxygen atoms in total. The molecule has 0 aliphatic rings. The summed E-state index contributed by atoms with van der Waals surface area (Å²) in [4.78, 5) is 0. The van der Waals surface area contributed by atoms with Crippen molar-refractivity contribution in [3.63, 3.8) is 0 Å². The fraction of sp³-hybridized carbons (Fsp3) is 0.143. The van der Waals surface area contributed by atoms with Gasteiger partial charge in [-0.1, -0.05) is 47.5 Å². The van der Waals surface area contributed by atoms with Crippen LogP contribution < -0.4 is 0 Å². The molecule has 3 heteroatoms. The van der Waals surface area contributed by atoms with Gasteiger partial charge in [0.15, 0.2) is 0 Å². The first-order valence-corrected chi connectivity index (χ1v) is 6.73. The van der Waals surface area contributed by atoms with Gasteiger partial charge < -0.3 is 5.11 Å². The quantitative estimate of drug-likeness (QED) is 0.792. The fourth-order valence-electron chi connectivity index (χ4n) is 1.72. The Bertz CT molecular complexity index is 539. The van der Waals surface area contributed by atoms with Gasteiger partial charge in [0.25, 0.3) is 0 Å². The Morgan fingerprint density at radius 2 is 1.82 bits per heavy atom. The van der Waals surface area contributed by atoms with Crippen LogP contribution >= 0.6 is 34.2 Å². The van der Waals surface area contributed by atoms with Crippen LogP contribution in [-0.2, 0) is 0 Å². The third-order valence-electron chi connectivity index (χ3n) is 2.62.